The van der Waals surface area contributed by atoms with E-state index < -0.39 is 60.9 Å². The van der Waals surface area contributed by atoms with Crippen LogP contribution < -0.4 is 0 Å². The Labute approximate surface area is 238 Å². The summed E-state index contributed by atoms with van der Waals surface area (Å²) in [7, 11) is 0. The normalized spacial score (nSPS) is 23.4. The van der Waals surface area contributed by atoms with E-state index >= 15 is 0 Å². The van der Waals surface area contributed by atoms with Crippen molar-refractivity contribution in [1.82, 2.24) is 0 Å². The Balaban J connectivity index is 3.02. The number of carbonyl (C=O) groups is 4. The first-order valence-corrected chi connectivity index (χ1v) is 14.3. The zero-order valence-electron chi connectivity index (χ0n) is 24.9. The van der Waals surface area contributed by atoms with E-state index in [-0.39, 0.29) is 6.61 Å². The van der Waals surface area contributed by atoms with Crippen LogP contribution in [-0.4, -0.2) is 74.1 Å². The maximum absolute atomic E-state index is 12.0. The van der Waals surface area contributed by atoms with Crippen LogP contribution in [0.5, 0.6) is 0 Å². The van der Waals surface area contributed by atoms with Gasteiger partial charge in [0.05, 0.1) is 0 Å². The molecule has 0 amide bonds. The Morgan fingerprint density at radius 1 is 0.725 bits per heavy atom. The number of allylic oxidation sites excluding steroid dienone is 1. The summed E-state index contributed by atoms with van der Waals surface area (Å²) in [6, 6.07) is 0. The minimum absolute atomic E-state index is 0.318. The molecular weight excluding hydrogens is 524 g/mol. The monoisotopic (exact) mass is 572 g/mol. The van der Waals surface area contributed by atoms with Crippen molar-refractivity contribution in [1.29, 1.82) is 0 Å². The summed E-state index contributed by atoms with van der Waals surface area (Å²) in [6.45, 7) is 8.72. The first-order chi connectivity index (χ1) is 19.1. The van der Waals surface area contributed by atoms with Crippen molar-refractivity contribution in [3.8, 4) is 0 Å². The number of carbonyl (C=O) groups excluding carboxylic acids is 4. The first kappa shape index (κ1) is 35.5. The summed E-state index contributed by atoms with van der Waals surface area (Å²) in [5.74, 6) is -2.70. The number of hydrogen-bond donors (Lipinski definition) is 0. The van der Waals surface area contributed by atoms with Crippen LogP contribution in [0.1, 0.15) is 99.3 Å². The van der Waals surface area contributed by atoms with Crippen molar-refractivity contribution in [2.75, 3.05) is 13.2 Å². The average molecular weight is 573 g/mol. The van der Waals surface area contributed by atoms with Crippen molar-refractivity contribution in [2.24, 2.45) is 0 Å². The molecule has 0 aliphatic carbocycles. The number of hydrogen-bond acceptors (Lipinski definition) is 11. The molecule has 0 N–H and O–H groups in total. The number of esters is 4. The molecule has 1 saturated heterocycles. The third kappa shape index (κ3) is 14.8. The molecule has 1 rings (SSSR count). The van der Waals surface area contributed by atoms with Gasteiger partial charge in [-0.05, 0) is 25.8 Å². The molecule has 0 bridgehead atoms. The molecule has 11 heteroatoms. The third-order valence-electron chi connectivity index (χ3n) is 6.06. The van der Waals surface area contributed by atoms with E-state index in [1.165, 1.54) is 66.2 Å². The highest BCUT2D eigenvalue weighted by Gasteiger charge is 2.53. The van der Waals surface area contributed by atoms with Crippen molar-refractivity contribution in [2.45, 2.75) is 136 Å². The van der Waals surface area contributed by atoms with Gasteiger partial charge in [-0.3, -0.25) is 19.2 Å². The van der Waals surface area contributed by atoms with Crippen LogP contribution in [-0.2, 0) is 52.3 Å². The Morgan fingerprint density at radius 3 is 1.82 bits per heavy atom. The Morgan fingerprint density at radius 2 is 1.27 bits per heavy atom. The fraction of sp³-hybridized carbons (Fsp3) is 0.793. The van der Waals surface area contributed by atoms with Crippen LogP contribution in [0.15, 0.2) is 12.2 Å². The van der Waals surface area contributed by atoms with Crippen LogP contribution in [0.25, 0.3) is 0 Å². The Kier molecular flexibility index (Phi) is 18.1. The lowest BCUT2D eigenvalue weighted by Crippen LogP contribution is -2.63. The summed E-state index contributed by atoms with van der Waals surface area (Å²) >= 11 is 0. The molecule has 6 atom stereocenters. The molecule has 1 aliphatic rings. The molecular formula is C29H48O11. The third-order valence-corrected chi connectivity index (χ3v) is 6.06. The molecule has 0 unspecified atom stereocenters. The molecule has 0 aromatic rings. The largest absolute Gasteiger partial charge is 0.463 e. The lowest BCUT2D eigenvalue weighted by atomic mass is 9.98. The summed E-state index contributed by atoms with van der Waals surface area (Å²) in [5, 5.41) is 0. The quantitative estimate of drug-likeness (QED) is 0.0710. The van der Waals surface area contributed by atoms with Crippen LogP contribution in [0.3, 0.4) is 0 Å². The topological polar surface area (TPSA) is 133 Å². The second-order valence-electron chi connectivity index (χ2n) is 9.72. The van der Waals surface area contributed by atoms with E-state index in [0.29, 0.717) is 6.61 Å². The summed E-state index contributed by atoms with van der Waals surface area (Å²) in [6.07, 6.45) is 7.16. The van der Waals surface area contributed by atoms with E-state index in [1.807, 2.05) is 6.08 Å². The lowest BCUT2D eigenvalue weighted by Gasteiger charge is -2.44. The fourth-order valence-corrected chi connectivity index (χ4v) is 4.34. The van der Waals surface area contributed by atoms with Gasteiger partial charge in [0.25, 0.3) is 0 Å². The number of unbranched alkanes of at least 4 members (excludes halogenated alkanes) is 8. The van der Waals surface area contributed by atoms with Crippen molar-refractivity contribution in [3.63, 3.8) is 0 Å². The SMILES string of the molecule is CCCCCCCCCC/C=C\[C@@H](OCC)O[C@@H]1O[C@H](COC(C)=O)[C@@H](OC(C)=O)[C@H](OC(C)=O)[C@H]1OC(C)=O. The summed E-state index contributed by atoms with van der Waals surface area (Å²) in [5.41, 5.74) is 0. The molecule has 0 spiro atoms. The molecule has 40 heavy (non-hydrogen) atoms. The van der Waals surface area contributed by atoms with Crippen LogP contribution in [0, 0.1) is 0 Å². The standard InChI is InChI=1S/C29H48O11/c1-7-9-10-11-12-13-14-15-16-17-18-25(34-8-2)40-29-28(38-23(6)33)27(37-22(5)32)26(36-21(4)31)24(39-29)19-35-20(3)30/h17-18,24-29H,7-16,19H2,1-6H3/b18-17-/t24-,25+,26-,27+,28-,29+/m1/s1. The van der Waals surface area contributed by atoms with Crippen LogP contribution in [0.2, 0.25) is 0 Å². The lowest BCUT2D eigenvalue weighted by molar-refractivity contribution is -0.332. The zero-order chi connectivity index (χ0) is 29.9. The fourth-order valence-electron chi connectivity index (χ4n) is 4.34. The van der Waals surface area contributed by atoms with Crippen molar-refractivity contribution < 1.29 is 52.3 Å². The van der Waals surface area contributed by atoms with Crippen molar-refractivity contribution in [3.05, 3.63) is 12.2 Å². The molecule has 0 saturated carbocycles. The van der Waals surface area contributed by atoms with E-state index in [0.717, 1.165) is 19.3 Å². The minimum atomic E-state index is -1.30. The minimum Gasteiger partial charge on any atom is -0.463 e. The highest BCUT2D eigenvalue weighted by molar-refractivity contribution is 5.68. The van der Waals surface area contributed by atoms with E-state index in [4.69, 9.17) is 33.2 Å². The first-order valence-electron chi connectivity index (χ1n) is 14.3. The Hall–Kier alpha value is -2.50. The second kappa shape index (κ2) is 20.4. The number of rotatable bonds is 19. The van der Waals surface area contributed by atoms with Crippen LogP contribution in [0.4, 0.5) is 0 Å². The van der Waals surface area contributed by atoms with Crippen LogP contribution >= 0.6 is 0 Å². The maximum atomic E-state index is 12.0. The van der Waals surface area contributed by atoms with Gasteiger partial charge in [-0.25, -0.2) is 0 Å². The second-order valence-corrected chi connectivity index (χ2v) is 9.72. The highest BCUT2D eigenvalue weighted by Crippen LogP contribution is 2.31. The van der Waals surface area contributed by atoms with E-state index in [1.54, 1.807) is 13.0 Å². The van der Waals surface area contributed by atoms with E-state index in [9.17, 15) is 19.2 Å². The molecule has 0 aromatic heterocycles. The molecule has 230 valence electrons. The molecule has 1 fully saturated rings. The van der Waals surface area contributed by atoms with Crippen molar-refractivity contribution >= 4 is 23.9 Å². The highest BCUT2D eigenvalue weighted by atomic mass is 16.8. The molecule has 1 aliphatic heterocycles. The zero-order valence-corrected chi connectivity index (χ0v) is 24.9. The van der Waals surface area contributed by atoms with Gasteiger partial charge in [0, 0.05) is 34.3 Å². The molecule has 0 aromatic carbocycles. The Bertz CT molecular complexity index is 797. The summed E-state index contributed by atoms with van der Waals surface area (Å²) in [4.78, 5) is 47.4. The maximum Gasteiger partial charge on any atom is 0.303 e. The van der Waals surface area contributed by atoms with Gasteiger partial charge in [0.2, 0.25) is 6.29 Å². The average Bonchev–Trinajstić information content (AvgIpc) is 2.86. The predicted molar refractivity (Wildman–Crippen MR) is 145 cm³/mol. The van der Waals surface area contributed by atoms with Gasteiger partial charge >= 0.3 is 23.9 Å². The predicted octanol–water partition coefficient (Wildman–Crippen LogP) is 4.54. The van der Waals surface area contributed by atoms with Gasteiger partial charge in [0.15, 0.2) is 24.6 Å². The van der Waals surface area contributed by atoms with Gasteiger partial charge in [0.1, 0.15) is 12.7 Å². The summed E-state index contributed by atoms with van der Waals surface area (Å²) < 4.78 is 39.1. The van der Waals surface area contributed by atoms with Gasteiger partial charge < -0.3 is 33.2 Å². The number of ether oxygens (including phenoxy) is 7. The van der Waals surface area contributed by atoms with E-state index in [2.05, 4.69) is 6.92 Å². The van der Waals surface area contributed by atoms with Gasteiger partial charge in [-0.15, -0.1) is 0 Å². The van der Waals surface area contributed by atoms with Gasteiger partial charge in [-0.2, -0.15) is 0 Å². The molecule has 0 radical (unpaired) electrons. The molecule has 1 heterocycles. The van der Waals surface area contributed by atoms with Gasteiger partial charge in [-0.1, -0.05) is 57.9 Å². The molecule has 11 nitrogen and oxygen atoms in total. The smallest absolute Gasteiger partial charge is 0.303 e.